The van der Waals surface area contributed by atoms with Gasteiger partial charge in [0.25, 0.3) is 0 Å². The van der Waals surface area contributed by atoms with E-state index in [4.69, 9.17) is 9.47 Å². The van der Waals surface area contributed by atoms with Crippen molar-refractivity contribution in [1.29, 1.82) is 0 Å². The molecule has 0 radical (unpaired) electrons. The van der Waals surface area contributed by atoms with Gasteiger partial charge < -0.3 is 14.6 Å². The van der Waals surface area contributed by atoms with Gasteiger partial charge in [-0.05, 0) is 44.9 Å². The first-order chi connectivity index (χ1) is 6.57. The molecule has 0 aromatic heterocycles. The van der Waals surface area contributed by atoms with E-state index in [1.165, 1.54) is 0 Å². The Morgan fingerprint density at radius 3 is 2.71 bits per heavy atom. The third-order valence-corrected chi connectivity index (χ3v) is 3.99. The molecule has 5 atom stereocenters. The van der Waals surface area contributed by atoms with Crippen LogP contribution in [-0.4, -0.2) is 29.2 Å². The molecule has 14 heavy (non-hydrogen) atoms. The summed E-state index contributed by atoms with van der Waals surface area (Å²) in [5.41, 5.74) is 0. The quantitative estimate of drug-likeness (QED) is 0.637. The molecule has 1 aliphatic heterocycles. The molecule has 3 aliphatic rings. The lowest BCUT2D eigenvalue weighted by atomic mass is 9.98. The molecule has 0 aromatic rings. The Morgan fingerprint density at radius 1 is 1.14 bits per heavy atom. The van der Waals surface area contributed by atoms with Crippen LogP contribution in [0.4, 0.5) is 0 Å². The first kappa shape index (κ1) is 9.13. The summed E-state index contributed by atoms with van der Waals surface area (Å²) in [6.45, 7) is 3.96. The summed E-state index contributed by atoms with van der Waals surface area (Å²) < 4.78 is 11.7. The second-order valence-corrected chi connectivity index (χ2v) is 5.35. The van der Waals surface area contributed by atoms with E-state index in [0.29, 0.717) is 11.8 Å². The summed E-state index contributed by atoms with van der Waals surface area (Å²) in [5, 5.41) is 9.77. The lowest BCUT2D eigenvalue weighted by molar-refractivity contribution is -0.160. The third-order valence-electron chi connectivity index (χ3n) is 3.99. The van der Waals surface area contributed by atoms with Gasteiger partial charge in [0.1, 0.15) is 0 Å². The van der Waals surface area contributed by atoms with E-state index in [2.05, 4.69) is 0 Å². The fourth-order valence-electron chi connectivity index (χ4n) is 3.49. The Labute approximate surface area is 84.4 Å². The van der Waals surface area contributed by atoms with Crippen LogP contribution < -0.4 is 0 Å². The van der Waals surface area contributed by atoms with Crippen molar-refractivity contribution >= 4 is 0 Å². The SMILES string of the molecule is CC1(C)O[C@@H]2[C@@H]3CC[C@H](O)[C@@H]3C[C@@H]2O1. The number of aliphatic hydroxyl groups excluding tert-OH is 1. The highest BCUT2D eigenvalue weighted by Gasteiger charge is 2.56. The molecule has 1 heterocycles. The molecule has 1 saturated heterocycles. The average molecular weight is 198 g/mol. The van der Waals surface area contributed by atoms with Crippen molar-refractivity contribution < 1.29 is 14.6 Å². The number of ether oxygens (including phenoxy) is 2. The number of aliphatic hydroxyl groups is 1. The molecule has 0 unspecified atom stereocenters. The van der Waals surface area contributed by atoms with Crippen LogP contribution in [0.3, 0.4) is 0 Å². The summed E-state index contributed by atoms with van der Waals surface area (Å²) in [4.78, 5) is 0. The van der Waals surface area contributed by atoms with E-state index in [-0.39, 0.29) is 18.3 Å². The summed E-state index contributed by atoms with van der Waals surface area (Å²) >= 11 is 0. The summed E-state index contributed by atoms with van der Waals surface area (Å²) in [7, 11) is 0. The highest BCUT2D eigenvalue weighted by atomic mass is 16.8. The predicted molar refractivity (Wildman–Crippen MR) is 50.7 cm³/mol. The van der Waals surface area contributed by atoms with Gasteiger partial charge in [-0.1, -0.05) is 0 Å². The van der Waals surface area contributed by atoms with Crippen molar-refractivity contribution in [2.24, 2.45) is 11.8 Å². The molecule has 80 valence electrons. The van der Waals surface area contributed by atoms with Crippen molar-refractivity contribution in [3.63, 3.8) is 0 Å². The smallest absolute Gasteiger partial charge is 0.163 e. The molecule has 2 saturated carbocycles. The Bertz CT molecular complexity index is 251. The highest BCUT2D eigenvalue weighted by Crippen LogP contribution is 2.51. The Morgan fingerprint density at radius 2 is 1.93 bits per heavy atom. The first-order valence-electron chi connectivity index (χ1n) is 5.60. The minimum atomic E-state index is -0.409. The number of fused-ring (bicyclic) bond motifs is 3. The van der Waals surface area contributed by atoms with Crippen molar-refractivity contribution in [3.8, 4) is 0 Å². The van der Waals surface area contributed by atoms with Crippen LogP contribution in [0.15, 0.2) is 0 Å². The highest BCUT2D eigenvalue weighted by molar-refractivity contribution is 5.03. The van der Waals surface area contributed by atoms with Crippen molar-refractivity contribution in [2.75, 3.05) is 0 Å². The molecule has 2 aliphatic carbocycles. The molecule has 3 heteroatoms. The number of rotatable bonds is 0. The Kier molecular flexibility index (Phi) is 1.77. The summed E-state index contributed by atoms with van der Waals surface area (Å²) in [5.74, 6) is 0.561. The molecular weight excluding hydrogens is 180 g/mol. The maximum absolute atomic E-state index is 9.77. The topological polar surface area (TPSA) is 38.7 Å². The normalized spacial score (nSPS) is 54.6. The second kappa shape index (κ2) is 2.71. The monoisotopic (exact) mass is 198 g/mol. The van der Waals surface area contributed by atoms with E-state index in [9.17, 15) is 5.11 Å². The van der Waals surface area contributed by atoms with Crippen LogP contribution in [0.25, 0.3) is 0 Å². The molecule has 1 N–H and O–H groups in total. The average Bonchev–Trinajstić information content (AvgIpc) is 2.63. The van der Waals surface area contributed by atoms with Gasteiger partial charge in [-0.15, -0.1) is 0 Å². The Balaban J connectivity index is 1.80. The zero-order valence-electron chi connectivity index (χ0n) is 8.77. The maximum atomic E-state index is 9.77. The van der Waals surface area contributed by atoms with Gasteiger partial charge in [-0.3, -0.25) is 0 Å². The predicted octanol–water partition coefficient (Wildman–Crippen LogP) is 1.30. The van der Waals surface area contributed by atoms with E-state index in [1.54, 1.807) is 0 Å². The van der Waals surface area contributed by atoms with Crippen molar-refractivity contribution in [3.05, 3.63) is 0 Å². The van der Waals surface area contributed by atoms with Crippen LogP contribution in [0, 0.1) is 11.8 Å². The number of hydrogen-bond acceptors (Lipinski definition) is 3. The molecule has 0 spiro atoms. The van der Waals surface area contributed by atoms with Gasteiger partial charge in [-0.2, -0.15) is 0 Å². The van der Waals surface area contributed by atoms with Gasteiger partial charge in [0.15, 0.2) is 5.79 Å². The second-order valence-electron chi connectivity index (χ2n) is 5.35. The van der Waals surface area contributed by atoms with Crippen LogP contribution in [0.5, 0.6) is 0 Å². The van der Waals surface area contributed by atoms with Gasteiger partial charge in [0.05, 0.1) is 18.3 Å². The molecule has 3 rings (SSSR count). The lowest BCUT2D eigenvalue weighted by Crippen LogP contribution is -2.27. The van der Waals surface area contributed by atoms with Crippen LogP contribution in [-0.2, 0) is 9.47 Å². The fraction of sp³-hybridized carbons (Fsp3) is 1.00. The molecule has 0 bridgehead atoms. The van der Waals surface area contributed by atoms with Crippen LogP contribution in [0.1, 0.15) is 33.1 Å². The molecule has 3 nitrogen and oxygen atoms in total. The third kappa shape index (κ3) is 1.16. The van der Waals surface area contributed by atoms with E-state index < -0.39 is 5.79 Å². The molecule has 0 aromatic carbocycles. The van der Waals surface area contributed by atoms with E-state index in [1.807, 2.05) is 13.8 Å². The molecule has 3 fully saturated rings. The zero-order valence-corrected chi connectivity index (χ0v) is 8.77. The first-order valence-corrected chi connectivity index (χ1v) is 5.60. The lowest BCUT2D eigenvalue weighted by Gasteiger charge is -2.22. The van der Waals surface area contributed by atoms with E-state index in [0.717, 1.165) is 19.3 Å². The molecular formula is C11H18O3. The van der Waals surface area contributed by atoms with Crippen molar-refractivity contribution in [2.45, 2.75) is 57.2 Å². The van der Waals surface area contributed by atoms with Crippen LogP contribution in [0.2, 0.25) is 0 Å². The molecule has 0 amide bonds. The van der Waals surface area contributed by atoms with Gasteiger partial charge in [0, 0.05) is 0 Å². The van der Waals surface area contributed by atoms with Gasteiger partial charge in [-0.25, -0.2) is 0 Å². The van der Waals surface area contributed by atoms with Crippen molar-refractivity contribution in [1.82, 2.24) is 0 Å². The van der Waals surface area contributed by atoms with E-state index >= 15 is 0 Å². The Hall–Kier alpha value is -0.120. The fourth-order valence-corrected chi connectivity index (χ4v) is 3.49. The number of hydrogen-bond donors (Lipinski definition) is 1. The maximum Gasteiger partial charge on any atom is 0.163 e. The standard InChI is InChI=1S/C11H18O3/c1-11(2)13-9-5-7-6(10(9)14-11)3-4-8(7)12/h6-10,12H,3-5H2,1-2H3/t6-,7-,8+,9+,10-/m1/s1. The minimum Gasteiger partial charge on any atom is -0.393 e. The largest absolute Gasteiger partial charge is 0.393 e. The summed E-state index contributed by atoms with van der Waals surface area (Å²) in [6.07, 6.45) is 3.40. The zero-order chi connectivity index (χ0) is 9.92. The minimum absolute atomic E-state index is 0.110. The van der Waals surface area contributed by atoms with Gasteiger partial charge >= 0.3 is 0 Å². The van der Waals surface area contributed by atoms with Gasteiger partial charge in [0.2, 0.25) is 0 Å². The summed E-state index contributed by atoms with van der Waals surface area (Å²) in [6, 6.07) is 0. The van der Waals surface area contributed by atoms with Crippen LogP contribution >= 0.6 is 0 Å².